The van der Waals surface area contributed by atoms with Gasteiger partial charge in [0.2, 0.25) is 0 Å². The van der Waals surface area contributed by atoms with Crippen LogP contribution in [0.25, 0.3) is 0 Å². The van der Waals surface area contributed by atoms with Crippen molar-refractivity contribution >= 4 is 0 Å². The molecule has 0 radical (unpaired) electrons. The van der Waals surface area contributed by atoms with Crippen LogP contribution in [0.5, 0.6) is 0 Å². The molecule has 0 spiro atoms. The predicted molar refractivity (Wildman–Crippen MR) is 162 cm³/mol. The molecule has 37 heavy (non-hydrogen) atoms. The molecule has 216 valence electrons. The Bertz CT molecular complexity index is 715. The number of allylic oxidation sites excluding steroid dienone is 2. The standard InChI is InChI=1S/C27H41NO.4C2H6/c1-25-14-11-24-22(8-6-20-17-21(29)10-13-26(20,24)2)23(25)9-7-19(25)5-3-4-12-27(18-28)15-16-27;4*1-2/h11,19-23,29H,3-10,12-17H2,1-2H3;4*1-2H3. The second kappa shape index (κ2) is 15.7. The highest BCUT2D eigenvalue weighted by Crippen LogP contribution is 2.66. The smallest absolute Gasteiger partial charge is 0.0689 e. The third kappa shape index (κ3) is 7.24. The Morgan fingerprint density at radius 1 is 0.865 bits per heavy atom. The van der Waals surface area contributed by atoms with E-state index >= 15 is 0 Å². The van der Waals surface area contributed by atoms with E-state index in [-0.39, 0.29) is 11.5 Å². The fourth-order valence-corrected chi connectivity index (χ4v) is 8.50. The topological polar surface area (TPSA) is 44.0 Å². The molecule has 5 aliphatic rings. The third-order valence-corrected chi connectivity index (χ3v) is 10.7. The summed E-state index contributed by atoms with van der Waals surface area (Å²) in [6, 6.07) is 2.57. The highest BCUT2D eigenvalue weighted by atomic mass is 16.3. The second-order valence-electron chi connectivity index (χ2n) is 12.1. The van der Waals surface area contributed by atoms with E-state index in [4.69, 9.17) is 0 Å². The van der Waals surface area contributed by atoms with Gasteiger partial charge in [0, 0.05) is 0 Å². The summed E-state index contributed by atoms with van der Waals surface area (Å²) in [6.07, 6.45) is 20.2. The molecule has 0 aliphatic heterocycles. The number of aliphatic hydroxyl groups excluding tert-OH is 1. The summed E-state index contributed by atoms with van der Waals surface area (Å²) in [6.45, 7) is 21.2. The molecule has 0 aromatic carbocycles. The minimum Gasteiger partial charge on any atom is -0.393 e. The van der Waals surface area contributed by atoms with Crippen molar-refractivity contribution in [2.45, 2.75) is 165 Å². The first kappa shape index (κ1) is 34.2. The molecule has 7 atom stereocenters. The molecular weight excluding hydrogens is 450 g/mol. The van der Waals surface area contributed by atoms with Crippen LogP contribution in [0, 0.1) is 51.2 Å². The summed E-state index contributed by atoms with van der Waals surface area (Å²) in [7, 11) is 0. The summed E-state index contributed by atoms with van der Waals surface area (Å²) in [5.74, 6) is 3.32. The predicted octanol–water partition coefficient (Wildman–Crippen LogP) is 10.9. The van der Waals surface area contributed by atoms with Crippen LogP contribution in [0.2, 0.25) is 0 Å². The summed E-state index contributed by atoms with van der Waals surface area (Å²) < 4.78 is 0. The number of fused-ring (bicyclic) bond motifs is 5. The molecule has 4 fully saturated rings. The largest absolute Gasteiger partial charge is 0.393 e. The third-order valence-electron chi connectivity index (χ3n) is 10.7. The number of nitriles is 1. The molecule has 1 N–H and O–H groups in total. The van der Waals surface area contributed by atoms with Crippen LogP contribution in [0.1, 0.15) is 159 Å². The molecule has 5 rings (SSSR count). The molecule has 2 nitrogen and oxygen atoms in total. The lowest BCUT2D eigenvalue weighted by Gasteiger charge is -2.56. The van der Waals surface area contributed by atoms with Crippen molar-refractivity contribution in [1.82, 2.24) is 0 Å². The van der Waals surface area contributed by atoms with Gasteiger partial charge in [-0.1, -0.05) is 93.7 Å². The minimum absolute atomic E-state index is 0.0502. The molecule has 0 saturated heterocycles. The van der Waals surface area contributed by atoms with Crippen LogP contribution < -0.4 is 0 Å². The second-order valence-corrected chi connectivity index (χ2v) is 12.1. The Morgan fingerprint density at radius 3 is 2.11 bits per heavy atom. The maximum atomic E-state index is 10.2. The number of hydrogen-bond acceptors (Lipinski definition) is 2. The van der Waals surface area contributed by atoms with Gasteiger partial charge in [-0.25, -0.2) is 0 Å². The van der Waals surface area contributed by atoms with E-state index in [1.54, 1.807) is 0 Å². The number of hydrogen-bond donors (Lipinski definition) is 1. The number of aliphatic hydroxyl groups is 1. The number of rotatable bonds is 5. The summed E-state index contributed by atoms with van der Waals surface area (Å²) in [5, 5.41) is 19.5. The lowest BCUT2D eigenvalue weighted by molar-refractivity contribution is -0.0126. The Kier molecular flexibility index (Phi) is 14.5. The molecule has 0 heterocycles. The summed E-state index contributed by atoms with van der Waals surface area (Å²) >= 11 is 0. The van der Waals surface area contributed by atoms with E-state index in [9.17, 15) is 10.4 Å². The summed E-state index contributed by atoms with van der Waals surface area (Å²) in [4.78, 5) is 0. The van der Waals surface area contributed by atoms with Gasteiger partial charge < -0.3 is 5.11 Å². The van der Waals surface area contributed by atoms with Crippen LogP contribution in [-0.2, 0) is 0 Å². The lowest BCUT2D eigenvalue weighted by Crippen LogP contribution is -2.48. The van der Waals surface area contributed by atoms with E-state index in [0.717, 1.165) is 49.9 Å². The monoisotopic (exact) mass is 516 g/mol. The van der Waals surface area contributed by atoms with Crippen molar-refractivity contribution in [3.63, 3.8) is 0 Å². The first-order valence-electron chi connectivity index (χ1n) is 16.7. The maximum Gasteiger partial charge on any atom is 0.0689 e. The van der Waals surface area contributed by atoms with Crippen LogP contribution in [0.3, 0.4) is 0 Å². The number of unbranched alkanes of at least 4 members (excludes halogenated alkanes) is 1. The van der Waals surface area contributed by atoms with Crippen LogP contribution in [0.4, 0.5) is 0 Å². The molecule has 2 heteroatoms. The van der Waals surface area contributed by atoms with Gasteiger partial charge in [0.05, 0.1) is 17.6 Å². The molecule has 7 unspecified atom stereocenters. The van der Waals surface area contributed by atoms with Crippen LogP contribution in [0.15, 0.2) is 11.6 Å². The molecule has 0 bridgehead atoms. The minimum atomic E-state index is -0.0502. The Labute approximate surface area is 233 Å². The van der Waals surface area contributed by atoms with Crippen molar-refractivity contribution in [2.75, 3.05) is 0 Å². The molecular formula is C35H65NO. The van der Waals surface area contributed by atoms with E-state index in [2.05, 4.69) is 26.0 Å². The highest BCUT2D eigenvalue weighted by Gasteiger charge is 2.56. The normalized spacial score (nSPS) is 37.8. The first-order chi connectivity index (χ1) is 17.9. The fraction of sp³-hybridized carbons (Fsp3) is 0.914. The SMILES string of the molecule is CC.CC.CC.CC.CC12CCC(O)CC1CCC1C2=CCC2(C)C(CCCCC3(C#N)CC3)CCC12. The van der Waals surface area contributed by atoms with E-state index in [0.29, 0.717) is 16.7 Å². The van der Waals surface area contributed by atoms with Gasteiger partial charge in [-0.2, -0.15) is 5.26 Å². The lowest BCUT2D eigenvalue weighted by atomic mass is 9.48. The molecule has 0 aromatic rings. The zero-order chi connectivity index (χ0) is 28.3. The Balaban J connectivity index is 0.000000784. The fourth-order valence-electron chi connectivity index (χ4n) is 8.50. The van der Waals surface area contributed by atoms with Crippen LogP contribution >= 0.6 is 0 Å². The van der Waals surface area contributed by atoms with Gasteiger partial charge in [0.15, 0.2) is 0 Å². The highest BCUT2D eigenvalue weighted by molar-refractivity contribution is 5.29. The van der Waals surface area contributed by atoms with Gasteiger partial charge >= 0.3 is 0 Å². The summed E-state index contributed by atoms with van der Waals surface area (Å²) in [5.41, 5.74) is 2.79. The molecule has 0 aromatic heterocycles. The molecule has 0 amide bonds. The number of nitrogens with zero attached hydrogens (tertiary/aromatic N) is 1. The van der Waals surface area contributed by atoms with Gasteiger partial charge in [-0.3, -0.25) is 0 Å². The van der Waals surface area contributed by atoms with Crippen molar-refractivity contribution < 1.29 is 5.11 Å². The van der Waals surface area contributed by atoms with E-state index in [1.165, 1.54) is 57.8 Å². The van der Waals surface area contributed by atoms with Gasteiger partial charge in [0.1, 0.15) is 0 Å². The Hall–Kier alpha value is -0.810. The zero-order valence-corrected chi connectivity index (χ0v) is 26.8. The van der Waals surface area contributed by atoms with Gasteiger partial charge in [-0.15, -0.1) is 0 Å². The Morgan fingerprint density at radius 2 is 1.51 bits per heavy atom. The quantitative estimate of drug-likeness (QED) is 0.292. The van der Waals surface area contributed by atoms with Crippen molar-refractivity contribution in [3.8, 4) is 6.07 Å². The molecule has 4 saturated carbocycles. The average Bonchev–Trinajstić information content (AvgIpc) is 3.66. The maximum absolute atomic E-state index is 10.2. The van der Waals surface area contributed by atoms with Crippen LogP contribution in [-0.4, -0.2) is 11.2 Å². The first-order valence-corrected chi connectivity index (χ1v) is 16.7. The van der Waals surface area contributed by atoms with Gasteiger partial charge in [-0.05, 0) is 112 Å². The average molecular weight is 516 g/mol. The van der Waals surface area contributed by atoms with Crippen molar-refractivity contribution in [1.29, 1.82) is 5.26 Å². The van der Waals surface area contributed by atoms with E-state index < -0.39 is 0 Å². The van der Waals surface area contributed by atoms with Crippen molar-refractivity contribution in [2.24, 2.45) is 39.9 Å². The van der Waals surface area contributed by atoms with E-state index in [1.807, 2.05) is 61.0 Å². The van der Waals surface area contributed by atoms with Crippen molar-refractivity contribution in [3.05, 3.63) is 11.6 Å². The molecule has 5 aliphatic carbocycles. The zero-order valence-electron chi connectivity index (χ0n) is 26.8. The van der Waals surface area contributed by atoms with Gasteiger partial charge in [0.25, 0.3) is 0 Å².